The van der Waals surface area contributed by atoms with E-state index < -0.39 is 0 Å². The highest BCUT2D eigenvalue weighted by Gasteiger charge is 2.59. The molecular weight excluding hydrogens is 465 g/mol. The fourth-order valence-electron chi connectivity index (χ4n) is 5.29. The monoisotopic (exact) mass is 499 g/mol. The molecule has 2 N–H and O–H groups in total. The van der Waals surface area contributed by atoms with Crippen molar-refractivity contribution < 1.29 is 9.47 Å². The van der Waals surface area contributed by atoms with Crippen LogP contribution in [0.3, 0.4) is 0 Å². The van der Waals surface area contributed by atoms with E-state index in [-0.39, 0.29) is 34.8 Å². The third-order valence-corrected chi connectivity index (χ3v) is 7.12. The second-order valence-electron chi connectivity index (χ2n) is 9.13. The number of rotatable bonds is 4. The highest BCUT2D eigenvalue weighted by Crippen LogP contribution is 2.52. The number of methoxy groups -OCH3 is 1. The number of nitrogens with zero attached hydrogens (tertiary/aromatic N) is 1. The van der Waals surface area contributed by atoms with Crippen LogP contribution in [0.5, 0.6) is 5.75 Å². The largest absolute Gasteiger partial charge is 0.496 e. The van der Waals surface area contributed by atoms with E-state index in [0.29, 0.717) is 24.1 Å². The van der Waals surface area contributed by atoms with Crippen molar-refractivity contribution in [3.63, 3.8) is 0 Å². The summed E-state index contributed by atoms with van der Waals surface area (Å²) >= 11 is 0. The highest BCUT2D eigenvalue weighted by molar-refractivity contribution is 14.0. The Kier molecular flexibility index (Phi) is 6.21. The lowest BCUT2D eigenvalue weighted by atomic mass is 9.55. The number of guanidine groups is 1. The van der Waals surface area contributed by atoms with Crippen LogP contribution in [0.2, 0.25) is 0 Å². The lowest BCUT2D eigenvalue weighted by molar-refractivity contribution is -0.188. The summed E-state index contributed by atoms with van der Waals surface area (Å²) in [6.45, 7) is 7.82. The molecule has 5 unspecified atom stereocenters. The van der Waals surface area contributed by atoms with Gasteiger partial charge in [0.1, 0.15) is 5.75 Å². The summed E-state index contributed by atoms with van der Waals surface area (Å²) in [6.07, 6.45) is 3.86. The molecule has 2 saturated carbocycles. The summed E-state index contributed by atoms with van der Waals surface area (Å²) in [5.74, 6) is 2.46. The minimum Gasteiger partial charge on any atom is -0.496 e. The maximum absolute atomic E-state index is 6.03. The summed E-state index contributed by atoms with van der Waals surface area (Å²) in [5, 5.41) is 7.37. The first kappa shape index (κ1) is 21.7. The van der Waals surface area contributed by atoms with Crippen LogP contribution >= 0.6 is 24.0 Å². The molecule has 5 atom stereocenters. The van der Waals surface area contributed by atoms with Crippen molar-refractivity contribution in [1.29, 1.82) is 0 Å². The molecule has 0 aromatic heterocycles. The maximum Gasteiger partial charge on any atom is 0.191 e. The number of hydrogen-bond acceptors (Lipinski definition) is 3. The number of aliphatic imine (C=N–C) groups is 1. The first-order chi connectivity index (χ1) is 12.9. The van der Waals surface area contributed by atoms with Crippen molar-refractivity contribution in [3.8, 4) is 5.75 Å². The fraction of sp³-hybridized carbons (Fsp3) is 0.682. The van der Waals surface area contributed by atoms with Gasteiger partial charge in [-0.3, -0.25) is 4.99 Å². The van der Waals surface area contributed by atoms with E-state index in [1.54, 1.807) is 7.11 Å². The van der Waals surface area contributed by atoms with Crippen molar-refractivity contribution >= 4 is 29.9 Å². The van der Waals surface area contributed by atoms with Crippen molar-refractivity contribution in [1.82, 2.24) is 10.6 Å². The van der Waals surface area contributed by atoms with Crippen LogP contribution < -0.4 is 15.4 Å². The summed E-state index contributed by atoms with van der Waals surface area (Å²) < 4.78 is 11.6. The quantitative estimate of drug-likeness (QED) is 0.377. The van der Waals surface area contributed by atoms with Gasteiger partial charge in [-0.25, -0.2) is 0 Å². The SMILES string of the molecule is CN=C(NC1CC1(C)c1ccccc1OC)NC1C2CCCOC2C1(C)C.I. The molecule has 0 bridgehead atoms. The van der Waals surface area contributed by atoms with Gasteiger partial charge in [-0.1, -0.05) is 39.0 Å². The Balaban J connectivity index is 0.00000225. The van der Waals surface area contributed by atoms with Crippen LogP contribution in [-0.2, 0) is 10.2 Å². The van der Waals surface area contributed by atoms with Crippen LogP contribution in [0.15, 0.2) is 29.3 Å². The Hall–Kier alpha value is -1.02. The van der Waals surface area contributed by atoms with E-state index in [1.807, 2.05) is 19.2 Å². The molecule has 4 rings (SSSR count). The number of para-hydroxylation sites is 1. The normalized spacial score (nSPS) is 35.7. The Morgan fingerprint density at radius 3 is 2.68 bits per heavy atom. The van der Waals surface area contributed by atoms with Crippen molar-refractivity contribution in [2.24, 2.45) is 16.3 Å². The predicted molar refractivity (Wildman–Crippen MR) is 124 cm³/mol. The second-order valence-corrected chi connectivity index (χ2v) is 9.13. The number of ether oxygens (including phenoxy) is 2. The zero-order valence-electron chi connectivity index (χ0n) is 17.6. The van der Waals surface area contributed by atoms with Gasteiger partial charge in [0.25, 0.3) is 0 Å². The Bertz CT molecular complexity index is 738. The summed E-state index contributed by atoms with van der Waals surface area (Å²) in [4.78, 5) is 4.52. The van der Waals surface area contributed by atoms with Crippen molar-refractivity contribution in [3.05, 3.63) is 29.8 Å². The molecule has 6 heteroatoms. The molecule has 1 aromatic carbocycles. The van der Waals surface area contributed by atoms with Gasteiger partial charge < -0.3 is 20.1 Å². The number of benzene rings is 1. The zero-order valence-corrected chi connectivity index (χ0v) is 19.9. The van der Waals surface area contributed by atoms with Gasteiger partial charge in [0.2, 0.25) is 0 Å². The van der Waals surface area contributed by atoms with Gasteiger partial charge in [-0.2, -0.15) is 0 Å². The lowest BCUT2D eigenvalue weighted by Gasteiger charge is -2.60. The van der Waals surface area contributed by atoms with Gasteiger partial charge in [-0.05, 0) is 25.3 Å². The first-order valence-electron chi connectivity index (χ1n) is 10.2. The van der Waals surface area contributed by atoms with Crippen LogP contribution in [0, 0.1) is 11.3 Å². The summed E-state index contributed by atoms with van der Waals surface area (Å²) in [5.41, 5.74) is 1.48. The van der Waals surface area contributed by atoms with E-state index in [1.165, 1.54) is 12.0 Å². The fourth-order valence-corrected chi connectivity index (χ4v) is 5.29. The molecule has 28 heavy (non-hydrogen) atoms. The van der Waals surface area contributed by atoms with Crippen LogP contribution in [-0.4, -0.2) is 44.9 Å². The minimum atomic E-state index is 0. The topological polar surface area (TPSA) is 54.9 Å². The van der Waals surface area contributed by atoms with E-state index >= 15 is 0 Å². The smallest absolute Gasteiger partial charge is 0.191 e. The summed E-state index contributed by atoms with van der Waals surface area (Å²) in [7, 11) is 3.60. The van der Waals surface area contributed by atoms with E-state index in [0.717, 1.165) is 31.2 Å². The molecule has 5 nitrogen and oxygen atoms in total. The number of halogens is 1. The number of nitrogens with one attached hydrogen (secondary N) is 2. The van der Waals surface area contributed by atoms with Crippen LogP contribution in [0.25, 0.3) is 0 Å². The predicted octanol–water partition coefficient (Wildman–Crippen LogP) is 3.71. The molecule has 3 fully saturated rings. The first-order valence-corrected chi connectivity index (χ1v) is 10.2. The minimum absolute atomic E-state index is 0. The summed E-state index contributed by atoms with van der Waals surface area (Å²) in [6, 6.07) is 9.11. The molecule has 1 heterocycles. The molecule has 0 spiro atoms. The third-order valence-electron chi connectivity index (χ3n) is 7.12. The maximum atomic E-state index is 6.03. The molecular formula is C22H34IN3O2. The number of hydrogen-bond donors (Lipinski definition) is 2. The Labute approximate surface area is 186 Å². The molecule has 156 valence electrons. The lowest BCUT2D eigenvalue weighted by Crippen LogP contribution is -2.71. The third kappa shape index (κ3) is 3.51. The Morgan fingerprint density at radius 1 is 1.21 bits per heavy atom. The van der Waals surface area contributed by atoms with Gasteiger partial charge in [-0.15, -0.1) is 24.0 Å². The average Bonchev–Trinajstić information content (AvgIpc) is 3.35. The molecule has 1 aromatic rings. The van der Waals surface area contributed by atoms with Gasteiger partial charge >= 0.3 is 0 Å². The molecule has 1 aliphatic heterocycles. The Morgan fingerprint density at radius 2 is 1.96 bits per heavy atom. The average molecular weight is 499 g/mol. The van der Waals surface area contributed by atoms with Gasteiger partial charge in [0.15, 0.2) is 5.96 Å². The van der Waals surface area contributed by atoms with Gasteiger partial charge in [0.05, 0.1) is 13.2 Å². The van der Waals surface area contributed by atoms with Crippen LogP contribution in [0.1, 0.15) is 45.6 Å². The number of fused-ring (bicyclic) bond motifs is 1. The molecule has 3 aliphatic rings. The van der Waals surface area contributed by atoms with E-state index in [9.17, 15) is 0 Å². The highest BCUT2D eigenvalue weighted by atomic mass is 127. The van der Waals surface area contributed by atoms with Crippen molar-refractivity contribution in [2.45, 2.75) is 63.6 Å². The van der Waals surface area contributed by atoms with E-state index in [2.05, 4.69) is 48.5 Å². The standard InChI is InChI=1S/C22H33N3O2.HI/c1-21(2)18(14-9-8-12-27-19(14)21)25-20(23-4)24-17-13-22(17,3)15-10-6-7-11-16(15)26-5;/h6-7,10-11,14,17-19H,8-9,12-13H2,1-5H3,(H2,23,24,25);1H. The molecule has 1 saturated heterocycles. The molecule has 0 radical (unpaired) electrons. The van der Waals surface area contributed by atoms with E-state index in [4.69, 9.17) is 9.47 Å². The van der Waals surface area contributed by atoms with Crippen LogP contribution in [0.4, 0.5) is 0 Å². The molecule has 2 aliphatic carbocycles. The second kappa shape index (κ2) is 8.01. The zero-order chi connectivity index (χ0) is 19.2. The van der Waals surface area contributed by atoms with Crippen molar-refractivity contribution in [2.75, 3.05) is 20.8 Å². The molecule has 0 amide bonds. The van der Waals surface area contributed by atoms with Gasteiger partial charge in [0, 0.05) is 48.0 Å².